The molecule has 2 atom stereocenters. The van der Waals surface area contributed by atoms with Crippen molar-refractivity contribution in [3.05, 3.63) is 23.5 Å². The highest BCUT2D eigenvalue weighted by Crippen LogP contribution is 2.39. The minimum atomic E-state index is -4.21. The van der Waals surface area contributed by atoms with Gasteiger partial charge in [0.15, 0.2) is 5.82 Å². The van der Waals surface area contributed by atoms with Crippen molar-refractivity contribution in [3.63, 3.8) is 0 Å². The smallest absolute Gasteiger partial charge is 0.326 e. The molecule has 1 aromatic rings. The topological polar surface area (TPSA) is 89.9 Å². The van der Waals surface area contributed by atoms with Crippen molar-refractivity contribution in [1.29, 1.82) is 0 Å². The summed E-state index contributed by atoms with van der Waals surface area (Å²) in [4.78, 5) is 13.4. The fourth-order valence-electron chi connectivity index (χ4n) is 2.80. The molecule has 0 unspecified atom stereocenters. The number of nitrogens with zero attached hydrogens (tertiary/aromatic N) is 2. The van der Waals surface area contributed by atoms with Crippen LogP contribution in [0.4, 0.5) is 10.1 Å². The zero-order valence-electron chi connectivity index (χ0n) is 13.8. The summed E-state index contributed by atoms with van der Waals surface area (Å²) in [5, 5.41) is 9.89. The van der Waals surface area contributed by atoms with Gasteiger partial charge in [-0.25, -0.2) is 13.4 Å². The zero-order chi connectivity index (χ0) is 18.4. The Balaban J connectivity index is 1.89. The molecule has 2 N–H and O–H groups in total. The molecule has 1 aliphatic heterocycles. The standard InChI is InChI=1S/C16H18FN3O4S/c1-19(2)8-12-7-11(12)4-3-10-5-6-13(21)16(15(10)17)20-9-14(22)18-25(20,23)24/h5-6,11-12,21H,7-9H2,1-2H3,(H,18,22)/t11-,12+/m0/s1. The number of aromatic hydroxyl groups is 1. The molecular weight excluding hydrogens is 349 g/mol. The normalized spacial score (nSPS) is 24.0. The molecule has 1 aromatic carbocycles. The third-order valence-electron chi connectivity index (χ3n) is 4.08. The van der Waals surface area contributed by atoms with Crippen molar-refractivity contribution in [2.75, 3.05) is 31.5 Å². The Bertz CT molecular complexity index is 889. The van der Waals surface area contributed by atoms with Gasteiger partial charge in [-0.2, -0.15) is 8.42 Å². The third kappa shape index (κ3) is 3.55. The number of carbonyl (C=O) groups is 1. The second-order valence-electron chi connectivity index (χ2n) is 6.47. The molecule has 9 heteroatoms. The first kappa shape index (κ1) is 17.5. The van der Waals surface area contributed by atoms with E-state index >= 15 is 0 Å². The molecule has 1 heterocycles. The van der Waals surface area contributed by atoms with Gasteiger partial charge in [-0.3, -0.25) is 4.79 Å². The van der Waals surface area contributed by atoms with Crippen LogP contribution < -0.4 is 9.03 Å². The summed E-state index contributed by atoms with van der Waals surface area (Å²) in [5.41, 5.74) is -0.580. The lowest BCUT2D eigenvalue weighted by Gasteiger charge is -2.17. The summed E-state index contributed by atoms with van der Waals surface area (Å²) in [7, 11) is -0.267. The predicted octanol–water partition coefficient (Wildman–Crippen LogP) is 0.261. The predicted molar refractivity (Wildman–Crippen MR) is 89.5 cm³/mol. The Labute approximate surface area is 145 Å². The first-order valence-electron chi connectivity index (χ1n) is 7.70. The fourth-order valence-corrected chi connectivity index (χ4v) is 3.96. The number of anilines is 1. The van der Waals surface area contributed by atoms with Crippen LogP contribution in [0.2, 0.25) is 0 Å². The molecule has 7 nitrogen and oxygen atoms in total. The van der Waals surface area contributed by atoms with Gasteiger partial charge < -0.3 is 10.0 Å². The Morgan fingerprint density at radius 3 is 2.76 bits per heavy atom. The van der Waals surface area contributed by atoms with E-state index in [-0.39, 0.29) is 11.5 Å². The van der Waals surface area contributed by atoms with Gasteiger partial charge in [-0.15, -0.1) is 0 Å². The van der Waals surface area contributed by atoms with Crippen molar-refractivity contribution in [1.82, 2.24) is 9.62 Å². The van der Waals surface area contributed by atoms with Gasteiger partial charge in [0.2, 0.25) is 0 Å². The molecule has 2 aliphatic rings. The summed E-state index contributed by atoms with van der Waals surface area (Å²) in [5.74, 6) is 4.02. The minimum Gasteiger partial charge on any atom is -0.506 e. The molecule has 1 aliphatic carbocycles. The van der Waals surface area contributed by atoms with E-state index in [0.29, 0.717) is 10.2 Å². The minimum absolute atomic E-state index is 0.0159. The second kappa shape index (κ2) is 6.20. The zero-order valence-corrected chi connectivity index (χ0v) is 14.6. The van der Waals surface area contributed by atoms with Crippen LogP contribution in [0.25, 0.3) is 0 Å². The number of carbonyl (C=O) groups excluding carboxylic acids is 1. The maximum atomic E-state index is 14.7. The maximum Gasteiger partial charge on any atom is 0.326 e. The summed E-state index contributed by atoms with van der Waals surface area (Å²) >= 11 is 0. The Kier molecular flexibility index (Phi) is 4.34. The van der Waals surface area contributed by atoms with Crippen LogP contribution in [0, 0.1) is 29.5 Å². The number of amides is 1. The van der Waals surface area contributed by atoms with Crippen LogP contribution in [0.1, 0.15) is 12.0 Å². The van der Waals surface area contributed by atoms with Crippen molar-refractivity contribution < 1.29 is 22.7 Å². The lowest BCUT2D eigenvalue weighted by atomic mass is 10.1. The van der Waals surface area contributed by atoms with Crippen molar-refractivity contribution >= 4 is 21.8 Å². The molecule has 1 saturated carbocycles. The van der Waals surface area contributed by atoms with Gasteiger partial charge >= 0.3 is 10.2 Å². The monoisotopic (exact) mass is 367 g/mol. The van der Waals surface area contributed by atoms with Crippen molar-refractivity contribution in [2.24, 2.45) is 11.8 Å². The number of phenols is 1. The van der Waals surface area contributed by atoms with E-state index in [4.69, 9.17) is 0 Å². The number of halogens is 1. The largest absolute Gasteiger partial charge is 0.506 e. The van der Waals surface area contributed by atoms with Crippen molar-refractivity contribution in [3.8, 4) is 17.6 Å². The molecular formula is C16H18FN3O4S. The molecule has 134 valence electrons. The first-order chi connectivity index (χ1) is 11.7. The molecule has 0 spiro atoms. The van der Waals surface area contributed by atoms with Gasteiger partial charge in [0.1, 0.15) is 18.0 Å². The van der Waals surface area contributed by atoms with Crippen LogP contribution in [0.3, 0.4) is 0 Å². The number of phenolic OH excluding ortho intramolecular Hbond substituents is 1. The number of rotatable bonds is 3. The lowest BCUT2D eigenvalue weighted by Crippen LogP contribution is -2.30. The SMILES string of the molecule is CN(C)C[C@H]1C[C@@H]1C#Cc1ccc(O)c(N2CC(=O)NS2(=O)=O)c1F. The molecule has 3 rings (SSSR count). The Morgan fingerprint density at radius 1 is 1.44 bits per heavy atom. The highest BCUT2D eigenvalue weighted by atomic mass is 32.2. The van der Waals surface area contributed by atoms with Crippen LogP contribution in [-0.4, -0.2) is 51.5 Å². The Morgan fingerprint density at radius 2 is 2.16 bits per heavy atom. The quantitative estimate of drug-likeness (QED) is 0.748. The molecule has 25 heavy (non-hydrogen) atoms. The maximum absolute atomic E-state index is 14.7. The molecule has 2 fully saturated rings. The number of nitrogens with one attached hydrogen (secondary N) is 1. The average molecular weight is 367 g/mol. The van der Waals surface area contributed by atoms with E-state index in [2.05, 4.69) is 16.7 Å². The average Bonchev–Trinajstić information content (AvgIpc) is 3.15. The van der Waals surface area contributed by atoms with Crippen LogP contribution in [0.15, 0.2) is 12.1 Å². The fraction of sp³-hybridized carbons (Fsp3) is 0.438. The number of benzene rings is 1. The highest BCUT2D eigenvalue weighted by molar-refractivity contribution is 7.92. The van der Waals surface area contributed by atoms with Gasteiger partial charge in [0, 0.05) is 12.5 Å². The van der Waals surface area contributed by atoms with E-state index in [9.17, 15) is 22.7 Å². The van der Waals surface area contributed by atoms with Gasteiger partial charge in [-0.1, -0.05) is 11.8 Å². The second-order valence-corrected chi connectivity index (χ2v) is 8.06. The molecule has 1 amide bonds. The van der Waals surface area contributed by atoms with E-state index in [0.717, 1.165) is 13.0 Å². The summed E-state index contributed by atoms with van der Waals surface area (Å²) in [6.07, 6.45) is 0.941. The van der Waals surface area contributed by atoms with Crippen molar-refractivity contribution in [2.45, 2.75) is 6.42 Å². The third-order valence-corrected chi connectivity index (χ3v) is 5.46. The molecule has 0 bridgehead atoms. The summed E-state index contributed by atoms with van der Waals surface area (Å²) < 4.78 is 40.7. The number of hydrogen-bond acceptors (Lipinski definition) is 5. The Hall–Kier alpha value is -2.31. The summed E-state index contributed by atoms with van der Waals surface area (Å²) in [6, 6.07) is 2.47. The van der Waals surface area contributed by atoms with E-state index in [1.807, 2.05) is 14.1 Å². The first-order valence-corrected chi connectivity index (χ1v) is 9.14. The molecule has 0 aromatic heterocycles. The van der Waals surface area contributed by atoms with Crippen LogP contribution >= 0.6 is 0 Å². The van der Waals surface area contributed by atoms with Crippen LogP contribution in [-0.2, 0) is 15.0 Å². The molecule has 0 radical (unpaired) electrons. The van der Waals surface area contributed by atoms with Gasteiger partial charge in [0.25, 0.3) is 5.91 Å². The van der Waals surface area contributed by atoms with Gasteiger partial charge in [-0.05, 0) is 38.6 Å². The summed E-state index contributed by atoms with van der Waals surface area (Å²) in [6.45, 7) is 0.319. The highest BCUT2D eigenvalue weighted by Gasteiger charge is 2.38. The van der Waals surface area contributed by atoms with E-state index in [1.54, 1.807) is 4.72 Å². The van der Waals surface area contributed by atoms with Crippen LogP contribution in [0.5, 0.6) is 5.75 Å². The number of hydrogen-bond donors (Lipinski definition) is 2. The lowest BCUT2D eigenvalue weighted by molar-refractivity contribution is -0.117. The molecule has 1 saturated heterocycles. The van der Waals surface area contributed by atoms with Gasteiger partial charge in [0.05, 0.1) is 5.56 Å². The van der Waals surface area contributed by atoms with E-state index in [1.165, 1.54) is 12.1 Å². The van der Waals surface area contributed by atoms with E-state index < -0.39 is 39.9 Å².